The molecule has 4 aromatic rings. The number of hydrogen-bond acceptors (Lipinski definition) is 5. The van der Waals surface area contributed by atoms with E-state index in [1.165, 1.54) is 17.3 Å². The molecule has 0 unspecified atom stereocenters. The highest BCUT2D eigenvalue weighted by Gasteiger charge is 2.27. The molecule has 2 aromatic carbocycles. The van der Waals surface area contributed by atoms with Crippen LogP contribution >= 0.6 is 0 Å². The fourth-order valence-corrected chi connectivity index (χ4v) is 4.49. The number of amides is 1. The first-order valence-corrected chi connectivity index (χ1v) is 11.7. The Bertz CT molecular complexity index is 1430. The summed E-state index contributed by atoms with van der Waals surface area (Å²) in [5, 5.41) is 14.2. The molecule has 2 aromatic heterocycles. The van der Waals surface area contributed by atoms with Crippen molar-refractivity contribution < 1.29 is 23.1 Å². The zero-order chi connectivity index (χ0) is 25.9. The molecule has 5 rings (SSSR count). The maximum absolute atomic E-state index is 13.9. The van der Waals surface area contributed by atoms with Crippen molar-refractivity contribution in [2.24, 2.45) is 0 Å². The Balaban J connectivity index is 1.50. The van der Waals surface area contributed by atoms with Crippen LogP contribution in [-0.2, 0) is 12.8 Å². The molecule has 37 heavy (non-hydrogen) atoms. The molecule has 1 aliphatic rings. The first-order valence-electron chi connectivity index (χ1n) is 11.7. The number of benzene rings is 2. The van der Waals surface area contributed by atoms with E-state index < -0.39 is 23.6 Å². The summed E-state index contributed by atoms with van der Waals surface area (Å²) >= 11 is 0. The number of pyridine rings is 2. The van der Waals surface area contributed by atoms with E-state index in [2.05, 4.69) is 15.3 Å². The molecule has 0 fully saturated rings. The van der Waals surface area contributed by atoms with Crippen LogP contribution < -0.4 is 10.2 Å². The van der Waals surface area contributed by atoms with E-state index >= 15 is 0 Å². The maximum Gasteiger partial charge on any atom is 0.259 e. The fourth-order valence-electron chi connectivity index (χ4n) is 4.49. The number of nitrogens with one attached hydrogen (secondary N) is 1. The predicted molar refractivity (Wildman–Crippen MR) is 133 cm³/mol. The van der Waals surface area contributed by atoms with Crippen LogP contribution in [0.25, 0.3) is 0 Å². The third-order valence-corrected chi connectivity index (χ3v) is 6.31. The number of halogens is 3. The molecule has 9 heteroatoms. The quantitative estimate of drug-likeness (QED) is 0.353. The summed E-state index contributed by atoms with van der Waals surface area (Å²) in [6.45, 7) is 0.619. The van der Waals surface area contributed by atoms with Crippen molar-refractivity contribution in [2.75, 3.05) is 23.3 Å². The van der Waals surface area contributed by atoms with Gasteiger partial charge >= 0.3 is 0 Å². The van der Waals surface area contributed by atoms with Crippen molar-refractivity contribution in [3.63, 3.8) is 0 Å². The number of nitrogens with zero attached hydrogens (tertiary/aromatic N) is 3. The molecule has 0 saturated heterocycles. The Labute approximate surface area is 211 Å². The van der Waals surface area contributed by atoms with E-state index in [4.69, 9.17) is 0 Å². The van der Waals surface area contributed by atoms with E-state index in [0.29, 0.717) is 23.1 Å². The topological polar surface area (TPSA) is 78.4 Å². The van der Waals surface area contributed by atoms with Gasteiger partial charge in [-0.2, -0.15) is 0 Å². The van der Waals surface area contributed by atoms with Crippen LogP contribution in [0, 0.1) is 17.5 Å². The largest absolute Gasteiger partial charge is 0.386 e. The Hall–Kier alpha value is -4.24. The van der Waals surface area contributed by atoms with Gasteiger partial charge in [-0.05, 0) is 72.0 Å². The van der Waals surface area contributed by atoms with Gasteiger partial charge in [0.25, 0.3) is 5.91 Å². The first kappa shape index (κ1) is 24.5. The first-order chi connectivity index (χ1) is 17.9. The van der Waals surface area contributed by atoms with Gasteiger partial charge in [-0.25, -0.2) is 18.2 Å². The second kappa shape index (κ2) is 10.4. The molecule has 0 aliphatic carbocycles. The van der Waals surface area contributed by atoms with Gasteiger partial charge < -0.3 is 10.4 Å². The number of aliphatic hydroxyl groups is 1. The molecule has 6 nitrogen and oxygen atoms in total. The highest BCUT2D eigenvalue weighted by atomic mass is 19.2. The van der Waals surface area contributed by atoms with E-state index in [-0.39, 0.29) is 30.3 Å². The zero-order valence-electron chi connectivity index (χ0n) is 19.7. The molecule has 0 bridgehead atoms. The standard InChI is InChI=1S/C28H23F3N4O2/c29-22-12-18(13-23(30)27(22)31)11-17-6-9-34-26(14-17)35(16-25(36)19-3-2-8-32-15-19)28(37)21-4-1-5-24-20(21)7-10-33-24/h1-6,8-9,12-15,25,33,36H,7,10-11,16H2/t25-/m0/s1. The van der Waals surface area contributed by atoms with E-state index in [0.717, 1.165) is 29.9 Å². The lowest BCUT2D eigenvalue weighted by Gasteiger charge is -2.26. The monoisotopic (exact) mass is 504 g/mol. The average molecular weight is 505 g/mol. The zero-order valence-corrected chi connectivity index (χ0v) is 19.7. The van der Waals surface area contributed by atoms with Gasteiger partial charge in [0.05, 0.1) is 12.6 Å². The minimum atomic E-state index is -1.52. The van der Waals surface area contributed by atoms with Crippen LogP contribution in [0.3, 0.4) is 0 Å². The van der Waals surface area contributed by atoms with Crippen LogP contribution in [0.5, 0.6) is 0 Å². The lowest BCUT2D eigenvalue weighted by atomic mass is 10.0. The van der Waals surface area contributed by atoms with Crippen molar-refractivity contribution in [3.05, 3.63) is 118 Å². The van der Waals surface area contributed by atoms with Gasteiger partial charge in [-0.15, -0.1) is 0 Å². The highest BCUT2D eigenvalue weighted by Crippen LogP contribution is 2.29. The van der Waals surface area contributed by atoms with Gasteiger partial charge in [0.2, 0.25) is 0 Å². The van der Waals surface area contributed by atoms with Gasteiger partial charge in [0, 0.05) is 41.9 Å². The summed E-state index contributed by atoms with van der Waals surface area (Å²) in [5.74, 6) is -4.14. The number of carbonyl (C=O) groups is 1. The maximum atomic E-state index is 13.9. The lowest BCUT2D eigenvalue weighted by molar-refractivity contribution is 0.0960. The van der Waals surface area contributed by atoms with Gasteiger partial charge in [0.15, 0.2) is 17.5 Å². The fraction of sp³-hybridized carbons (Fsp3) is 0.179. The van der Waals surface area contributed by atoms with Gasteiger partial charge in [-0.3, -0.25) is 14.7 Å². The predicted octanol–water partition coefficient (Wildman–Crippen LogP) is 4.83. The summed E-state index contributed by atoms with van der Waals surface area (Å²) in [4.78, 5) is 23.7. The number of hydrogen-bond donors (Lipinski definition) is 2. The van der Waals surface area contributed by atoms with Crippen LogP contribution in [0.4, 0.5) is 24.7 Å². The Kier molecular flexibility index (Phi) is 6.87. The number of rotatable bonds is 7. The third kappa shape index (κ3) is 5.17. The third-order valence-electron chi connectivity index (χ3n) is 6.31. The molecule has 188 valence electrons. The number of aromatic nitrogens is 2. The minimum absolute atomic E-state index is 0.0848. The Morgan fingerprint density at radius 3 is 2.59 bits per heavy atom. The SMILES string of the molecule is O=C(c1cccc2c1CCN2)N(C[C@H](O)c1cccnc1)c1cc(Cc2cc(F)c(F)c(F)c2)ccn1. The summed E-state index contributed by atoms with van der Waals surface area (Å²) in [6.07, 6.45) is 4.32. The van der Waals surface area contributed by atoms with Crippen LogP contribution in [0.2, 0.25) is 0 Å². The molecule has 0 radical (unpaired) electrons. The second-order valence-corrected chi connectivity index (χ2v) is 8.80. The Morgan fingerprint density at radius 1 is 1.03 bits per heavy atom. The van der Waals surface area contributed by atoms with Crippen molar-refractivity contribution in [2.45, 2.75) is 18.9 Å². The summed E-state index contributed by atoms with van der Waals surface area (Å²) < 4.78 is 40.9. The van der Waals surface area contributed by atoms with E-state index in [9.17, 15) is 23.1 Å². The van der Waals surface area contributed by atoms with Gasteiger partial charge in [-0.1, -0.05) is 12.1 Å². The minimum Gasteiger partial charge on any atom is -0.386 e. The van der Waals surface area contributed by atoms with Crippen molar-refractivity contribution in [3.8, 4) is 0 Å². The Morgan fingerprint density at radius 2 is 1.84 bits per heavy atom. The molecule has 1 atom stereocenters. The molecular weight excluding hydrogens is 481 g/mol. The lowest BCUT2D eigenvalue weighted by Crippen LogP contribution is -2.36. The van der Waals surface area contributed by atoms with E-state index in [1.807, 2.05) is 6.07 Å². The molecule has 2 N–H and O–H groups in total. The van der Waals surface area contributed by atoms with Crippen molar-refractivity contribution in [1.29, 1.82) is 0 Å². The molecule has 1 amide bonds. The number of anilines is 2. The molecule has 0 saturated carbocycles. The van der Waals surface area contributed by atoms with Crippen LogP contribution in [-0.4, -0.2) is 34.1 Å². The summed E-state index contributed by atoms with van der Waals surface area (Å²) in [5.41, 5.74) is 3.64. The average Bonchev–Trinajstić information content (AvgIpc) is 3.40. The van der Waals surface area contributed by atoms with Crippen molar-refractivity contribution in [1.82, 2.24) is 9.97 Å². The molecule has 1 aliphatic heterocycles. The molecule has 0 spiro atoms. The second-order valence-electron chi connectivity index (χ2n) is 8.80. The van der Waals surface area contributed by atoms with Gasteiger partial charge in [0.1, 0.15) is 5.82 Å². The smallest absolute Gasteiger partial charge is 0.259 e. The normalized spacial score (nSPS) is 13.1. The number of fused-ring (bicyclic) bond motifs is 1. The van der Waals surface area contributed by atoms with Crippen LogP contribution in [0.1, 0.15) is 38.7 Å². The van der Waals surface area contributed by atoms with E-state index in [1.54, 1.807) is 42.6 Å². The number of aliphatic hydroxyl groups excluding tert-OH is 1. The highest BCUT2D eigenvalue weighted by molar-refractivity contribution is 6.07. The molecule has 3 heterocycles. The molecular formula is C28H23F3N4O2. The van der Waals surface area contributed by atoms with Crippen LogP contribution in [0.15, 0.2) is 73.2 Å². The summed E-state index contributed by atoms with van der Waals surface area (Å²) in [7, 11) is 0. The van der Waals surface area contributed by atoms with Crippen molar-refractivity contribution >= 4 is 17.4 Å². The summed E-state index contributed by atoms with van der Waals surface area (Å²) in [6, 6.07) is 14.0. The number of carbonyl (C=O) groups excluding carboxylic acids is 1.